The molecule has 0 bridgehead atoms. The minimum absolute atomic E-state index is 0.648. The fraction of sp³-hybridized carbons (Fsp3) is 0.133. The Labute approximate surface area is 132 Å². The molecule has 2 aromatic rings. The number of benzene rings is 2. The molecule has 0 aliphatic heterocycles. The van der Waals surface area contributed by atoms with Gasteiger partial charge in [-0.05, 0) is 49.4 Å². The summed E-state index contributed by atoms with van der Waals surface area (Å²) in [4.78, 5) is 0. The summed E-state index contributed by atoms with van der Waals surface area (Å²) in [6, 6.07) is 13.3. The van der Waals surface area contributed by atoms with Crippen LogP contribution in [0.4, 0.5) is 11.4 Å². The van der Waals surface area contributed by atoms with Crippen molar-refractivity contribution in [2.45, 2.75) is 6.92 Å². The molecule has 0 amide bonds. The van der Waals surface area contributed by atoms with Crippen molar-refractivity contribution in [2.75, 3.05) is 17.8 Å². The molecule has 0 aliphatic carbocycles. The summed E-state index contributed by atoms with van der Waals surface area (Å²) in [6.45, 7) is 1.91. The standard InChI is InChI=1S/C15H15BrClN3/c1-10(14-9-12(17)5-8-15(14)18)19-20(2)13-6-3-11(16)4-7-13/h3-9H,18H2,1-2H3/b19-10+. The van der Waals surface area contributed by atoms with Gasteiger partial charge in [-0.15, -0.1) is 0 Å². The van der Waals surface area contributed by atoms with Crippen molar-refractivity contribution in [3.63, 3.8) is 0 Å². The molecule has 0 radical (unpaired) electrons. The van der Waals surface area contributed by atoms with E-state index in [2.05, 4.69) is 21.0 Å². The van der Waals surface area contributed by atoms with Crippen LogP contribution >= 0.6 is 27.5 Å². The average molecular weight is 353 g/mol. The monoisotopic (exact) mass is 351 g/mol. The molecule has 5 heteroatoms. The van der Waals surface area contributed by atoms with Gasteiger partial charge in [0.25, 0.3) is 0 Å². The normalized spacial score (nSPS) is 11.5. The zero-order valence-corrected chi connectivity index (χ0v) is 13.6. The molecule has 0 aliphatic rings. The number of nitrogen functional groups attached to an aromatic ring is 1. The lowest BCUT2D eigenvalue weighted by atomic mass is 10.1. The smallest absolute Gasteiger partial charge is 0.0672 e. The van der Waals surface area contributed by atoms with E-state index in [0.29, 0.717) is 10.7 Å². The van der Waals surface area contributed by atoms with Crippen LogP contribution in [0.5, 0.6) is 0 Å². The van der Waals surface area contributed by atoms with Crippen molar-refractivity contribution in [2.24, 2.45) is 5.10 Å². The second-order valence-corrected chi connectivity index (χ2v) is 5.77. The van der Waals surface area contributed by atoms with Crippen LogP contribution in [-0.2, 0) is 0 Å². The van der Waals surface area contributed by atoms with Gasteiger partial charge in [0.2, 0.25) is 0 Å². The van der Waals surface area contributed by atoms with E-state index in [4.69, 9.17) is 17.3 Å². The largest absolute Gasteiger partial charge is 0.398 e. The van der Waals surface area contributed by atoms with Crippen LogP contribution in [0.15, 0.2) is 52.0 Å². The van der Waals surface area contributed by atoms with E-state index in [9.17, 15) is 0 Å². The van der Waals surface area contributed by atoms with E-state index >= 15 is 0 Å². The number of hydrazone groups is 1. The third-order valence-corrected chi connectivity index (χ3v) is 3.67. The third-order valence-electron chi connectivity index (χ3n) is 2.91. The van der Waals surface area contributed by atoms with Gasteiger partial charge in [-0.3, -0.25) is 5.01 Å². The van der Waals surface area contributed by atoms with E-state index in [-0.39, 0.29) is 0 Å². The first-order valence-corrected chi connectivity index (χ1v) is 7.24. The minimum Gasteiger partial charge on any atom is -0.398 e. The van der Waals surface area contributed by atoms with Crippen molar-refractivity contribution in [3.8, 4) is 0 Å². The molecule has 0 spiro atoms. The van der Waals surface area contributed by atoms with E-state index in [1.54, 1.807) is 12.1 Å². The summed E-state index contributed by atoms with van der Waals surface area (Å²) in [7, 11) is 1.90. The molecule has 2 aromatic carbocycles. The Bertz CT molecular complexity index is 638. The van der Waals surface area contributed by atoms with Gasteiger partial charge in [-0.1, -0.05) is 27.5 Å². The number of nitrogens with zero attached hydrogens (tertiary/aromatic N) is 2. The number of halogens is 2. The maximum atomic E-state index is 6.00. The minimum atomic E-state index is 0.648. The molecule has 0 saturated carbocycles. The van der Waals surface area contributed by atoms with Crippen LogP contribution in [0.3, 0.4) is 0 Å². The highest BCUT2D eigenvalue weighted by Gasteiger charge is 2.06. The molecule has 0 atom stereocenters. The van der Waals surface area contributed by atoms with Crippen molar-refractivity contribution < 1.29 is 0 Å². The van der Waals surface area contributed by atoms with Gasteiger partial charge >= 0.3 is 0 Å². The topological polar surface area (TPSA) is 41.6 Å². The van der Waals surface area contributed by atoms with Crippen LogP contribution in [0.25, 0.3) is 0 Å². The van der Waals surface area contributed by atoms with E-state index in [1.165, 1.54) is 0 Å². The Kier molecular flexibility index (Phi) is 4.68. The lowest BCUT2D eigenvalue weighted by Crippen LogP contribution is -2.13. The summed E-state index contributed by atoms with van der Waals surface area (Å²) >= 11 is 9.42. The summed E-state index contributed by atoms with van der Waals surface area (Å²) in [5.74, 6) is 0. The molecule has 20 heavy (non-hydrogen) atoms. The fourth-order valence-corrected chi connectivity index (χ4v) is 2.27. The van der Waals surface area contributed by atoms with Crippen molar-refractivity contribution in [3.05, 3.63) is 57.5 Å². The van der Waals surface area contributed by atoms with Crippen molar-refractivity contribution in [1.29, 1.82) is 0 Å². The quantitative estimate of drug-likeness (QED) is 0.500. The number of hydrogen-bond acceptors (Lipinski definition) is 3. The van der Waals surface area contributed by atoms with Crippen LogP contribution < -0.4 is 10.7 Å². The average Bonchev–Trinajstić information content (AvgIpc) is 2.42. The highest BCUT2D eigenvalue weighted by Crippen LogP contribution is 2.21. The summed E-state index contributed by atoms with van der Waals surface area (Å²) < 4.78 is 1.04. The van der Waals surface area contributed by atoms with Crippen molar-refractivity contribution in [1.82, 2.24) is 0 Å². The number of hydrogen-bond donors (Lipinski definition) is 1. The number of nitrogens with two attached hydrogens (primary N) is 1. The van der Waals surface area contributed by atoms with Crippen LogP contribution in [-0.4, -0.2) is 12.8 Å². The first-order valence-electron chi connectivity index (χ1n) is 6.07. The number of anilines is 2. The predicted octanol–water partition coefficient (Wildman–Crippen LogP) is 4.55. The molecule has 0 aromatic heterocycles. The second-order valence-electron chi connectivity index (χ2n) is 4.42. The van der Waals surface area contributed by atoms with Crippen LogP contribution in [0, 0.1) is 0 Å². The van der Waals surface area contributed by atoms with Crippen LogP contribution in [0.2, 0.25) is 5.02 Å². The molecule has 2 N–H and O–H groups in total. The first kappa shape index (κ1) is 14.9. The molecule has 0 unspecified atom stereocenters. The molecule has 0 saturated heterocycles. The van der Waals surface area contributed by atoms with Gasteiger partial charge in [-0.2, -0.15) is 5.10 Å². The first-order chi connectivity index (χ1) is 9.47. The Morgan fingerprint density at radius 3 is 2.50 bits per heavy atom. The van der Waals surface area contributed by atoms with Crippen LogP contribution in [0.1, 0.15) is 12.5 Å². The Hall–Kier alpha value is -1.52. The molecular weight excluding hydrogens is 338 g/mol. The second kappa shape index (κ2) is 6.29. The van der Waals surface area contributed by atoms with Gasteiger partial charge < -0.3 is 5.73 Å². The lowest BCUT2D eigenvalue weighted by Gasteiger charge is -2.15. The van der Waals surface area contributed by atoms with E-state index in [1.807, 2.05) is 49.3 Å². The molecule has 2 rings (SSSR count). The van der Waals surface area contributed by atoms with Crippen molar-refractivity contribution >= 4 is 44.6 Å². The third kappa shape index (κ3) is 3.52. The maximum Gasteiger partial charge on any atom is 0.0672 e. The Balaban J connectivity index is 2.29. The molecule has 3 nitrogen and oxygen atoms in total. The SMILES string of the molecule is C/C(=N\N(C)c1ccc(Br)cc1)c1cc(Cl)ccc1N. The Morgan fingerprint density at radius 1 is 1.20 bits per heavy atom. The fourth-order valence-electron chi connectivity index (χ4n) is 1.84. The predicted molar refractivity (Wildman–Crippen MR) is 90.6 cm³/mol. The van der Waals surface area contributed by atoms with E-state index in [0.717, 1.165) is 21.4 Å². The Morgan fingerprint density at radius 2 is 1.85 bits per heavy atom. The molecule has 0 heterocycles. The maximum absolute atomic E-state index is 6.00. The molecular formula is C15H15BrClN3. The lowest BCUT2D eigenvalue weighted by molar-refractivity contribution is 1.01. The van der Waals surface area contributed by atoms with E-state index < -0.39 is 0 Å². The van der Waals surface area contributed by atoms with Gasteiger partial charge in [0.15, 0.2) is 0 Å². The highest BCUT2D eigenvalue weighted by molar-refractivity contribution is 9.10. The summed E-state index contributed by atoms with van der Waals surface area (Å²) in [6.07, 6.45) is 0. The highest BCUT2D eigenvalue weighted by atomic mass is 79.9. The van der Waals surface area contributed by atoms with Gasteiger partial charge in [0, 0.05) is 27.8 Å². The molecule has 0 fully saturated rings. The summed E-state index contributed by atoms with van der Waals surface area (Å²) in [5, 5.41) is 7.00. The summed E-state index contributed by atoms with van der Waals surface area (Å²) in [5.41, 5.74) is 9.28. The zero-order chi connectivity index (χ0) is 14.7. The zero-order valence-electron chi connectivity index (χ0n) is 11.3. The molecule has 104 valence electrons. The van der Waals surface area contributed by atoms with Gasteiger partial charge in [0.1, 0.15) is 0 Å². The van der Waals surface area contributed by atoms with Gasteiger partial charge in [-0.25, -0.2) is 0 Å². The van der Waals surface area contributed by atoms with Gasteiger partial charge in [0.05, 0.1) is 11.4 Å². The number of rotatable bonds is 3.